The zero-order valence-electron chi connectivity index (χ0n) is 12.4. The Kier molecular flexibility index (Phi) is 4.38. The highest BCUT2D eigenvalue weighted by Gasteiger charge is 2.25. The van der Waals surface area contributed by atoms with Crippen LogP contribution in [0.15, 0.2) is 44.6 Å². The summed E-state index contributed by atoms with van der Waals surface area (Å²) in [5, 5.41) is 8.41. The van der Waals surface area contributed by atoms with Crippen LogP contribution >= 0.6 is 23.1 Å². The number of nitrogens with one attached hydrogen (secondary N) is 2. The van der Waals surface area contributed by atoms with Crippen molar-refractivity contribution >= 4 is 50.8 Å². The summed E-state index contributed by atoms with van der Waals surface area (Å²) in [5.74, 6) is -0.301. The molecule has 2 heterocycles. The number of aromatic amines is 1. The number of carbonyl (C=O) groups excluding carboxylic acids is 1. The maximum atomic E-state index is 12.5. The predicted octanol–water partition coefficient (Wildman–Crippen LogP) is 1.60. The zero-order valence-corrected chi connectivity index (χ0v) is 14.8. The van der Waals surface area contributed by atoms with Crippen molar-refractivity contribution in [2.24, 2.45) is 5.14 Å². The van der Waals surface area contributed by atoms with Crippen molar-refractivity contribution in [1.82, 2.24) is 4.98 Å². The molecule has 2 aromatic rings. The fraction of sp³-hybridized carbons (Fsp3) is 0.143. The number of carbonyl (C=O) groups is 1. The lowest BCUT2D eigenvalue weighted by atomic mass is 10.1. The highest BCUT2D eigenvalue weighted by molar-refractivity contribution is 8.00. The minimum Gasteiger partial charge on any atom is -0.322 e. The molecule has 1 aliphatic rings. The van der Waals surface area contributed by atoms with Crippen molar-refractivity contribution < 1.29 is 13.2 Å². The Morgan fingerprint density at radius 1 is 1.29 bits per heavy atom. The van der Waals surface area contributed by atoms with Crippen molar-refractivity contribution in [2.45, 2.75) is 22.1 Å². The van der Waals surface area contributed by atoms with Gasteiger partial charge < -0.3 is 10.3 Å². The van der Waals surface area contributed by atoms with Gasteiger partial charge in [0.1, 0.15) is 0 Å². The van der Waals surface area contributed by atoms with Gasteiger partial charge in [-0.05, 0) is 37.3 Å². The van der Waals surface area contributed by atoms with Gasteiger partial charge in [0.05, 0.1) is 14.8 Å². The molecule has 7 nitrogen and oxygen atoms in total. The van der Waals surface area contributed by atoms with E-state index in [1.165, 1.54) is 36.0 Å². The normalized spacial score (nSPS) is 17.1. The van der Waals surface area contributed by atoms with Crippen LogP contribution in [0.1, 0.15) is 11.8 Å². The summed E-state index contributed by atoms with van der Waals surface area (Å²) in [5.41, 5.74) is 0.997. The molecule has 0 saturated heterocycles. The molecule has 126 valence electrons. The fourth-order valence-corrected chi connectivity index (χ4v) is 4.70. The molecule has 10 heteroatoms. The highest BCUT2D eigenvalue weighted by Crippen LogP contribution is 2.37. The number of primary sulfonamides is 1. The average Bonchev–Trinajstić information content (AvgIpc) is 2.85. The van der Waals surface area contributed by atoms with E-state index >= 15 is 0 Å². The molecule has 1 aliphatic heterocycles. The van der Waals surface area contributed by atoms with Gasteiger partial charge in [-0.1, -0.05) is 23.1 Å². The third kappa shape index (κ3) is 3.46. The molecular formula is C14H13N3O4S3. The van der Waals surface area contributed by atoms with Gasteiger partial charge in [0.25, 0.3) is 5.91 Å². The van der Waals surface area contributed by atoms with Gasteiger partial charge in [-0.3, -0.25) is 9.59 Å². The van der Waals surface area contributed by atoms with Crippen LogP contribution in [0, 0.1) is 0 Å². The van der Waals surface area contributed by atoms with Gasteiger partial charge in [-0.2, -0.15) is 0 Å². The number of thiazole rings is 1. The number of nitrogens with two attached hydrogens (primary N) is 1. The quantitative estimate of drug-likeness (QED) is 0.743. The third-order valence-corrected chi connectivity index (χ3v) is 6.42. The van der Waals surface area contributed by atoms with Crippen LogP contribution in [0.25, 0.3) is 6.08 Å². The predicted molar refractivity (Wildman–Crippen MR) is 94.7 cm³/mol. The molecule has 0 spiro atoms. The van der Waals surface area contributed by atoms with E-state index in [2.05, 4.69) is 10.3 Å². The number of benzene rings is 1. The first-order chi connectivity index (χ1) is 11.2. The van der Waals surface area contributed by atoms with Gasteiger partial charge in [-0.25, -0.2) is 13.6 Å². The molecule has 1 amide bonds. The first-order valence-electron chi connectivity index (χ1n) is 6.79. The van der Waals surface area contributed by atoms with Crippen LogP contribution in [0.4, 0.5) is 5.69 Å². The largest absolute Gasteiger partial charge is 0.322 e. The van der Waals surface area contributed by atoms with Crippen LogP contribution in [-0.2, 0) is 14.8 Å². The van der Waals surface area contributed by atoms with E-state index in [1.54, 1.807) is 6.08 Å². The fourth-order valence-electron chi connectivity index (χ4n) is 2.19. The third-order valence-electron chi connectivity index (χ3n) is 3.36. The number of hydrogen-bond donors (Lipinski definition) is 3. The second kappa shape index (κ2) is 6.20. The smallest absolute Gasteiger partial charge is 0.305 e. The summed E-state index contributed by atoms with van der Waals surface area (Å²) in [4.78, 5) is 27.2. The van der Waals surface area contributed by atoms with Gasteiger partial charge in [0.2, 0.25) is 10.0 Å². The van der Waals surface area contributed by atoms with E-state index in [0.29, 0.717) is 11.3 Å². The molecular weight excluding hydrogens is 370 g/mol. The van der Waals surface area contributed by atoms with Crippen LogP contribution in [-0.4, -0.2) is 24.6 Å². The summed E-state index contributed by atoms with van der Waals surface area (Å²) < 4.78 is 22.5. The summed E-state index contributed by atoms with van der Waals surface area (Å²) in [7, 11) is -3.77. The van der Waals surface area contributed by atoms with E-state index in [9.17, 15) is 18.0 Å². The zero-order chi connectivity index (χ0) is 17.5. The van der Waals surface area contributed by atoms with E-state index < -0.39 is 10.0 Å². The topological polar surface area (TPSA) is 122 Å². The maximum Gasteiger partial charge on any atom is 0.305 e. The van der Waals surface area contributed by atoms with Crippen molar-refractivity contribution in [2.75, 3.05) is 5.32 Å². The molecule has 0 fully saturated rings. The number of fused-ring (bicyclic) bond motifs is 1. The lowest BCUT2D eigenvalue weighted by Crippen LogP contribution is -2.22. The van der Waals surface area contributed by atoms with E-state index in [4.69, 9.17) is 5.14 Å². The van der Waals surface area contributed by atoms with Crippen molar-refractivity contribution in [3.05, 3.63) is 44.4 Å². The molecule has 24 heavy (non-hydrogen) atoms. The second-order valence-electron chi connectivity index (χ2n) is 5.09. The van der Waals surface area contributed by atoms with Crippen LogP contribution in [0.5, 0.6) is 0 Å². The van der Waals surface area contributed by atoms with Crippen LogP contribution < -0.4 is 15.3 Å². The molecule has 0 saturated carbocycles. The number of aromatic nitrogens is 1. The number of anilines is 1. The summed E-state index contributed by atoms with van der Waals surface area (Å²) in [6.45, 7) is 1.87. The molecule has 0 radical (unpaired) electrons. The minimum atomic E-state index is -3.77. The Labute approximate surface area is 146 Å². The number of amides is 1. The number of rotatable bonds is 3. The summed E-state index contributed by atoms with van der Waals surface area (Å²) >= 11 is 2.47. The van der Waals surface area contributed by atoms with Gasteiger partial charge in [0.15, 0.2) is 0 Å². The van der Waals surface area contributed by atoms with Crippen LogP contribution in [0.3, 0.4) is 0 Å². The molecule has 3 rings (SSSR count). The molecule has 0 unspecified atom stereocenters. The van der Waals surface area contributed by atoms with Crippen molar-refractivity contribution in [3.63, 3.8) is 0 Å². The SMILES string of the molecule is C[C@H]1Sc2[nH]c(=O)sc2C=C1C(=O)Nc1ccc(S(N)(=O)=O)cc1. The first-order valence-corrected chi connectivity index (χ1v) is 10.0. The number of H-pyrrole nitrogens is 1. The first kappa shape index (κ1) is 17.0. The molecule has 1 atom stereocenters. The standard InChI is InChI=1S/C14H13N3O4S3/c1-7-10(6-11-13(22-7)17-14(19)23-11)12(18)16-8-2-4-9(5-3-8)24(15,20)21/h2-7H,1H3,(H,16,18)(H,17,19)(H2,15,20,21)/t7-/m1/s1. The summed E-state index contributed by atoms with van der Waals surface area (Å²) in [6.07, 6.45) is 1.70. The average molecular weight is 383 g/mol. The van der Waals surface area contributed by atoms with Gasteiger partial charge >= 0.3 is 4.87 Å². The second-order valence-corrected chi connectivity index (χ2v) is 9.02. The lowest BCUT2D eigenvalue weighted by molar-refractivity contribution is -0.112. The number of hydrogen-bond acceptors (Lipinski definition) is 6. The number of thioether (sulfide) groups is 1. The lowest BCUT2D eigenvalue weighted by Gasteiger charge is -2.19. The minimum absolute atomic E-state index is 0.0250. The van der Waals surface area contributed by atoms with E-state index in [1.807, 2.05) is 6.92 Å². The monoisotopic (exact) mass is 383 g/mol. The Bertz CT molecular complexity index is 987. The van der Waals surface area contributed by atoms with Crippen molar-refractivity contribution in [1.29, 1.82) is 0 Å². The highest BCUT2D eigenvalue weighted by atomic mass is 32.2. The van der Waals surface area contributed by atoms with Crippen molar-refractivity contribution in [3.8, 4) is 0 Å². The Hall–Kier alpha value is -1.88. The Balaban J connectivity index is 1.82. The summed E-state index contributed by atoms with van der Waals surface area (Å²) in [6, 6.07) is 5.60. The molecule has 0 aliphatic carbocycles. The Morgan fingerprint density at radius 2 is 1.96 bits per heavy atom. The van der Waals surface area contributed by atoms with Gasteiger partial charge in [0, 0.05) is 16.5 Å². The van der Waals surface area contributed by atoms with Crippen LogP contribution in [0.2, 0.25) is 0 Å². The number of sulfonamides is 1. The molecule has 1 aromatic carbocycles. The molecule has 1 aromatic heterocycles. The van der Waals surface area contributed by atoms with E-state index in [-0.39, 0.29) is 20.9 Å². The molecule has 4 N–H and O–H groups in total. The van der Waals surface area contributed by atoms with E-state index in [0.717, 1.165) is 21.2 Å². The maximum absolute atomic E-state index is 12.5. The van der Waals surface area contributed by atoms with Gasteiger partial charge in [-0.15, -0.1) is 0 Å². The Morgan fingerprint density at radius 3 is 2.58 bits per heavy atom. The molecule has 0 bridgehead atoms.